The third-order valence-corrected chi connectivity index (χ3v) is 18.8. The molecule has 6 heterocycles. The molecule has 9 aromatic carbocycles. The first-order valence-corrected chi connectivity index (χ1v) is 27.0. The van der Waals surface area contributed by atoms with E-state index in [1.807, 2.05) is 22.7 Å². The summed E-state index contributed by atoms with van der Waals surface area (Å²) < 4.78 is 15.1. The topological polar surface area (TPSA) is 21.3 Å². The van der Waals surface area contributed by atoms with E-state index in [2.05, 4.69) is 240 Å². The number of hydrogen-bond donors (Lipinski definition) is 0. The van der Waals surface area contributed by atoms with Gasteiger partial charge in [0.25, 0.3) is 0 Å². The number of aromatic nitrogens is 1. The Kier molecular flexibility index (Phi) is 8.60. The maximum atomic E-state index is 7.12. The number of nitrogens with zero attached hydrogens (tertiary/aromatic N) is 2. The SMILES string of the molecule is CC(C)(C)c1ccc(N2B3c4sc5ccc(C(C)(C)C)cc5c4-n4c5cc6sc7ccccc7c6cc5c5ccc(c3c54)-c3cc4oc5cc(C(C)(c6ccccc6)c6ccccc6)ccc5c4cc32)cc1. The van der Waals surface area contributed by atoms with Crippen LogP contribution in [0, 0.1) is 0 Å². The van der Waals surface area contributed by atoms with Gasteiger partial charge < -0.3 is 13.8 Å². The molecule has 72 heavy (non-hydrogen) atoms. The zero-order valence-electron chi connectivity index (χ0n) is 41.5. The van der Waals surface area contributed by atoms with Gasteiger partial charge in [0.1, 0.15) is 11.2 Å². The van der Waals surface area contributed by atoms with Crippen molar-refractivity contribution in [2.75, 3.05) is 4.81 Å². The van der Waals surface area contributed by atoms with E-state index >= 15 is 0 Å². The Morgan fingerprint density at radius 3 is 1.82 bits per heavy atom. The van der Waals surface area contributed by atoms with E-state index in [9.17, 15) is 0 Å². The smallest absolute Gasteiger partial charge is 0.343 e. The summed E-state index contributed by atoms with van der Waals surface area (Å²) in [5, 5.41) is 8.83. The van der Waals surface area contributed by atoms with Crippen LogP contribution in [0.5, 0.6) is 0 Å². The minimum Gasteiger partial charge on any atom is -0.456 e. The molecule has 0 N–H and O–H groups in total. The molecule has 0 atom stereocenters. The molecule has 0 amide bonds. The first-order valence-electron chi connectivity index (χ1n) is 25.3. The van der Waals surface area contributed by atoms with E-state index in [4.69, 9.17) is 4.42 Å². The summed E-state index contributed by atoms with van der Waals surface area (Å²) in [6, 6.07) is 69.0. The standard InChI is InChI=1S/C66H51BN2OS2/c1-64(2,3)38-22-26-43(27-23-38)69-54-35-50-44-28-24-42(66(7,39-16-10-8-11-17-39)40-18-12-9-13-19-40)33-55(44)70-56(50)36-49(54)46-29-30-47-48-34-51-45-20-14-15-21-57(45)71-59(51)37-53(48)68-61(47)60(46)67(69)63-62(68)52-32-41(65(4,5)6)25-31-58(52)72-63/h8-37H,1-7H3. The largest absolute Gasteiger partial charge is 0.456 e. The maximum Gasteiger partial charge on any atom is 0.343 e. The molecular formula is C66H51BN2OS2. The third kappa shape index (κ3) is 5.79. The second kappa shape index (κ2) is 14.6. The van der Waals surface area contributed by atoms with Crippen molar-refractivity contribution >= 4 is 125 Å². The van der Waals surface area contributed by atoms with Crippen LogP contribution in [0.2, 0.25) is 0 Å². The summed E-state index contributed by atoms with van der Waals surface area (Å²) in [6.07, 6.45) is 0. The maximum absolute atomic E-state index is 7.12. The Labute approximate surface area is 427 Å². The van der Waals surface area contributed by atoms with Crippen LogP contribution < -0.4 is 15.1 Å². The van der Waals surface area contributed by atoms with Crippen molar-refractivity contribution in [2.45, 2.75) is 64.7 Å². The minimum absolute atomic E-state index is 0.00803. The third-order valence-electron chi connectivity index (χ3n) is 16.5. The number of furan rings is 1. The van der Waals surface area contributed by atoms with Crippen LogP contribution in [0.25, 0.3) is 90.8 Å². The quantitative estimate of drug-likeness (QED) is 0.129. The molecule has 13 aromatic rings. The fourth-order valence-electron chi connectivity index (χ4n) is 12.6. The highest BCUT2D eigenvalue weighted by Gasteiger charge is 2.46. The Morgan fingerprint density at radius 2 is 1.08 bits per heavy atom. The normalized spacial score (nSPS) is 13.7. The first-order chi connectivity index (χ1) is 34.8. The molecule has 15 rings (SSSR count). The Morgan fingerprint density at radius 1 is 0.431 bits per heavy atom. The van der Waals surface area contributed by atoms with Gasteiger partial charge in [0.05, 0.1) is 16.7 Å². The first kappa shape index (κ1) is 42.3. The molecule has 3 nitrogen and oxygen atoms in total. The molecule has 0 unspecified atom stereocenters. The average molecular weight is 963 g/mol. The average Bonchev–Trinajstić information content (AvgIpc) is 4.15. The highest BCUT2D eigenvalue weighted by molar-refractivity contribution is 7.32. The van der Waals surface area contributed by atoms with Gasteiger partial charge in [-0.3, -0.25) is 0 Å². The summed E-state index contributed by atoms with van der Waals surface area (Å²) in [6.45, 7) is 16.2. The van der Waals surface area contributed by atoms with Crippen molar-refractivity contribution in [3.05, 3.63) is 210 Å². The lowest BCUT2D eigenvalue weighted by Gasteiger charge is -2.41. The summed E-state index contributed by atoms with van der Waals surface area (Å²) >= 11 is 3.88. The highest BCUT2D eigenvalue weighted by Crippen LogP contribution is 2.51. The lowest BCUT2D eigenvalue weighted by Crippen LogP contribution is -2.59. The van der Waals surface area contributed by atoms with Crippen molar-refractivity contribution in [1.29, 1.82) is 0 Å². The molecule has 2 aliphatic rings. The molecule has 0 aliphatic carbocycles. The number of thiophene rings is 2. The van der Waals surface area contributed by atoms with Crippen LogP contribution in [0.1, 0.15) is 76.3 Å². The van der Waals surface area contributed by atoms with Crippen LogP contribution in [-0.2, 0) is 16.2 Å². The van der Waals surface area contributed by atoms with Gasteiger partial charge in [-0.15, -0.1) is 22.7 Å². The van der Waals surface area contributed by atoms with Gasteiger partial charge in [-0.1, -0.05) is 163 Å². The van der Waals surface area contributed by atoms with Crippen molar-refractivity contribution in [2.24, 2.45) is 0 Å². The summed E-state index contributed by atoms with van der Waals surface area (Å²) in [5.41, 5.74) is 17.9. The van der Waals surface area contributed by atoms with Crippen molar-refractivity contribution in [3.8, 4) is 16.8 Å². The second-order valence-electron chi connectivity index (χ2n) is 22.6. The van der Waals surface area contributed by atoms with Gasteiger partial charge in [-0.25, -0.2) is 0 Å². The van der Waals surface area contributed by atoms with Crippen LogP contribution in [0.4, 0.5) is 11.4 Å². The van der Waals surface area contributed by atoms with Gasteiger partial charge in [0.15, 0.2) is 0 Å². The molecule has 4 aromatic heterocycles. The molecule has 0 bridgehead atoms. The van der Waals surface area contributed by atoms with Crippen molar-refractivity contribution in [3.63, 3.8) is 0 Å². The predicted molar refractivity (Wildman–Crippen MR) is 311 cm³/mol. The number of anilines is 2. The molecule has 2 aliphatic heterocycles. The van der Waals surface area contributed by atoms with Crippen molar-refractivity contribution in [1.82, 2.24) is 4.57 Å². The zero-order valence-corrected chi connectivity index (χ0v) is 43.2. The molecule has 0 saturated carbocycles. The molecule has 6 heteroatoms. The fraction of sp³-hybridized carbons (Fsp3) is 0.152. The van der Waals surface area contributed by atoms with E-state index in [0.717, 1.165) is 21.9 Å². The zero-order chi connectivity index (χ0) is 48.6. The molecule has 0 saturated heterocycles. The monoisotopic (exact) mass is 962 g/mol. The van der Waals surface area contributed by atoms with E-state index in [1.165, 1.54) is 118 Å². The Hall–Kier alpha value is -7.38. The molecule has 0 fully saturated rings. The van der Waals surface area contributed by atoms with E-state index in [0.29, 0.717) is 0 Å². The highest BCUT2D eigenvalue weighted by atomic mass is 32.1. The van der Waals surface area contributed by atoms with Gasteiger partial charge in [-0.05, 0) is 117 Å². The van der Waals surface area contributed by atoms with Crippen LogP contribution in [0.15, 0.2) is 186 Å². The van der Waals surface area contributed by atoms with E-state index in [1.54, 1.807) is 0 Å². The Balaban J connectivity index is 1.04. The van der Waals surface area contributed by atoms with Crippen LogP contribution in [0.3, 0.4) is 0 Å². The number of benzene rings is 9. The molecular weight excluding hydrogens is 912 g/mol. The summed E-state index contributed by atoms with van der Waals surface area (Å²) in [4.78, 5) is 2.68. The number of hydrogen-bond acceptors (Lipinski definition) is 4. The van der Waals surface area contributed by atoms with Crippen molar-refractivity contribution < 1.29 is 4.42 Å². The molecule has 0 spiro atoms. The fourth-order valence-corrected chi connectivity index (χ4v) is 15.0. The lowest BCUT2D eigenvalue weighted by molar-refractivity contribution is 0.590. The summed E-state index contributed by atoms with van der Waals surface area (Å²) in [5.74, 6) is 0. The van der Waals surface area contributed by atoms with Gasteiger partial charge in [0, 0.05) is 78.9 Å². The second-order valence-corrected chi connectivity index (χ2v) is 24.8. The van der Waals surface area contributed by atoms with Gasteiger partial charge in [-0.2, -0.15) is 0 Å². The number of rotatable bonds is 4. The van der Waals surface area contributed by atoms with Gasteiger partial charge in [0.2, 0.25) is 0 Å². The number of fused-ring (bicyclic) bond motifs is 16. The predicted octanol–water partition coefficient (Wildman–Crippen LogP) is 17.5. The van der Waals surface area contributed by atoms with E-state index < -0.39 is 5.41 Å². The summed E-state index contributed by atoms with van der Waals surface area (Å²) in [7, 11) is 0. The van der Waals surface area contributed by atoms with Crippen LogP contribution in [-0.4, -0.2) is 11.4 Å². The Bertz CT molecular complexity index is 4390. The van der Waals surface area contributed by atoms with Gasteiger partial charge >= 0.3 is 6.85 Å². The molecule has 0 radical (unpaired) electrons. The minimum atomic E-state index is -0.395. The molecule has 346 valence electrons. The van der Waals surface area contributed by atoms with Crippen LogP contribution >= 0.6 is 22.7 Å². The lowest BCUT2D eigenvalue weighted by atomic mass is 9.47. The van der Waals surface area contributed by atoms with E-state index in [-0.39, 0.29) is 17.7 Å².